The number of urea groups is 1. The molecule has 122 valence electrons. The summed E-state index contributed by atoms with van der Waals surface area (Å²) in [6.07, 6.45) is 0. The average Bonchev–Trinajstić information content (AvgIpc) is 2.54. The molecule has 2 rings (SSSR count). The number of carbonyl (C=O) groups excluding carboxylic acids is 1. The SMILES string of the molecule is COc1cc(NC(=O)NC(C)c2ccc(F)cc2)cc(OC)c1. The molecule has 0 aromatic heterocycles. The second kappa shape index (κ2) is 7.49. The van der Waals surface area contributed by atoms with Crippen molar-refractivity contribution in [2.24, 2.45) is 0 Å². The van der Waals surface area contributed by atoms with Crippen LogP contribution >= 0.6 is 0 Å². The lowest BCUT2D eigenvalue weighted by atomic mass is 10.1. The largest absolute Gasteiger partial charge is 0.497 e. The molecule has 0 aliphatic carbocycles. The molecule has 5 nitrogen and oxygen atoms in total. The van der Waals surface area contributed by atoms with Crippen LogP contribution < -0.4 is 20.1 Å². The van der Waals surface area contributed by atoms with E-state index in [0.717, 1.165) is 5.56 Å². The van der Waals surface area contributed by atoms with Crippen molar-refractivity contribution in [2.75, 3.05) is 19.5 Å². The smallest absolute Gasteiger partial charge is 0.319 e. The highest BCUT2D eigenvalue weighted by Gasteiger charge is 2.11. The maximum absolute atomic E-state index is 12.9. The Labute approximate surface area is 134 Å². The molecule has 0 bridgehead atoms. The van der Waals surface area contributed by atoms with Crippen LogP contribution in [-0.2, 0) is 0 Å². The summed E-state index contributed by atoms with van der Waals surface area (Å²) in [5.41, 5.74) is 1.36. The van der Waals surface area contributed by atoms with Crippen molar-refractivity contribution in [1.82, 2.24) is 5.32 Å². The normalized spacial score (nSPS) is 11.5. The molecule has 2 aromatic rings. The van der Waals surface area contributed by atoms with E-state index in [9.17, 15) is 9.18 Å². The summed E-state index contributed by atoms with van der Waals surface area (Å²) in [4.78, 5) is 12.1. The zero-order valence-electron chi connectivity index (χ0n) is 13.2. The van der Waals surface area contributed by atoms with Gasteiger partial charge in [0, 0.05) is 23.9 Å². The molecule has 1 atom stereocenters. The molecular weight excluding hydrogens is 299 g/mol. The molecule has 0 spiro atoms. The van der Waals surface area contributed by atoms with Gasteiger partial charge in [-0.25, -0.2) is 9.18 Å². The number of hydrogen-bond donors (Lipinski definition) is 2. The Morgan fingerprint density at radius 3 is 2.13 bits per heavy atom. The van der Waals surface area contributed by atoms with Gasteiger partial charge in [0.05, 0.1) is 20.3 Å². The molecule has 0 aliphatic heterocycles. The van der Waals surface area contributed by atoms with E-state index < -0.39 is 0 Å². The third-order valence-electron chi connectivity index (χ3n) is 3.33. The van der Waals surface area contributed by atoms with Gasteiger partial charge >= 0.3 is 6.03 Å². The summed E-state index contributed by atoms with van der Waals surface area (Å²) in [6.45, 7) is 1.82. The predicted octanol–water partition coefficient (Wildman–Crippen LogP) is 3.73. The maximum atomic E-state index is 12.9. The molecule has 2 aromatic carbocycles. The second-order valence-corrected chi connectivity index (χ2v) is 4.97. The lowest BCUT2D eigenvalue weighted by molar-refractivity contribution is 0.249. The van der Waals surface area contributed by atoms with Crippen LogP contribution in [-0.4, -0.2) is 20.3 Å². The van der Waals surface area contributed by atoms with Gasteiger partial charge in [0.1, 0.15) is 17.3 Å². The standard InChI is InChI=1S/C17H19FN2O3/c1-11(12-4-6-13(18)7-5-12)19-17(21)20-14-8-15(22-2)10-16(9-14)23-3/h4-11H,1-3H3,(H2,19,20,21). The maximum Gasteiger partial charge on any atom is 0.319 e. The molecule has 1 unspecified atom stereocenters. The van der Waals surface area contributed by atoms with Gasteiger partial charge in [-0.3, -0.25) is 0 Å². The summed E-state index contributed by atoms with van der Waals surface area (Å²) >= 11 is 0. The van der Waals surface area contributed by atoms with Crippen molar-refractivity contribution < 1.29 is 18.7 Å². The monoisotopic (exact) mass is 318 g/mol. The van der Waals surface area contributed by atoms with Crippen LogP contribution in [0.3, 0.4) is 0 Å². The molecule has 23 heavy (non-hydrogen) atoms. The van der Waals surface area contributed by atoms with Crippen LogP contribution in [0.1, 0.15) is 18.5 Å². The zero-order valence-corrected chi connectivity index (χ0v) is 13.2. The number of ether oxygens (including phenoxy) is 2. The van der Waals surface area contributed by atoms with Crippen molar-refractivity contribution in [2.45, 2.75) is 13.0 Å². The van der Waals surface area contributed by atoms with Crippen molar-refractivity contribution in [3.8, 4) is 11.5 Å². The van der Waals surface area contributed by atoms with E-state index in [0.29, 0.717) is 17.2 Å². The summed E-state index contributed by atoms with van der Waals surface area (Å²) in [6, 6.07) is 10.4. The van der Waals surface area contributed by atoms with E-state index in [4.69, 9.17) is 9.47 Å². The Hall–Kier alpha value is -2.76. The van der Waals surface area contributed by atoms with Crippen molar-refractivity contribution >= 4 is 11.7 Å². The second-order valence-electron chi connectivity index (χ2n) is 4.97. The van der Waals surface area contributed by atoms with Crippen LogP contribution in [0.2, 0.25) is 0 Å². The molecule has 0 aliphatic rings. The van der Waals surface area contributed by atoms with E-state index in [1.165, 1.54) is 26.4 Å². The minimum atomic E-state index is -0.378. The zero-order chi connectivity index (χ0) is 16.8. The molecule has 0 fully saturated rings. The van der Waals surface area contributed by atoms with Gasteiger partial charge in [-0.2, -0.15) is 0 Å². The van der Waals surface area contributed by atoms with Crippen LogP contribution in [0.25, 0.3) is 0 Å². The number of hydrogen-bond acceptors (Lipinski definition) is 3. The highest BCUT2D eigenvalue weighted by molar-refractivity contribution is 5.90. The Morgan fingerprint density at radius 1 is 1.04 bits per heavy atom. The first-order chi connectivity index (χ1) is 11.0. The summed E-state index contributed by atoms with van der Waals surface area (Å²) in [5.74, 6) is 0.839. The quantitative estimate of drug-likeness (QED) is 0.883. The van der Waals surface area contributed by atoms with Crippen molar-refractivity contribution in [3.63, 3.8) is 0 Å². The topological polar surface area (TPSA) is 59.6 Å². The third kappa shape index (κ3) is 4.60. The van der Waals surface area contributed by atoms with E-state index in [-0.39, 0.29) is 17.9 Å². The number of amides is 2. The number of halogens is 1. The summed E-state index contributed by atoms with van der Waals surface area (Å²) in [5, 5.41) is 5.50. The first kappa shape index (κ1) is 16.6. The molecule has 0 saturated carbocycles. The molecule has 2 N–H and O–H groups in total. The minimum Gasteiger partial charge on any atom is -0.497 e. The van der Waals surface area contributed by atoms with E-state index in [1.807, 2.05) is 6.92 Å². The van der Waals surface area contributed by atoms with Gasteiger partial charge in [0.25, 0.3) is 0 Å². The lowest BCUT2D eigenvalue weighted by Gasteiger charge is -2.16. The van der Waals surface area contributed by atoms with Crippen LogP contribution in [0, 0.1) is 5.82 Å². The van der Waals surface area contributed by atoms with Gasteiger partial charge in [-0.1, -0.05) is 12.1 Å². The first-order valence-electron chi connectivity index (χ1n) is 7.08. The van der Waals surface area contributed by atoms with Gasteiger partial charge < -0.3 is 20.1 Å². The van der Waals surface area contributed by atoms with Gasteiger partial charge in [-0.05, 0) is 24.6 Å². The number of anilines is 1. The Kier molecular flexibility index (Phi) is 5.41. The van der Waals surface area contributed by atoms with Crippen LogP contribution in [0.5, 0.6) is 11.5 Å². The van der Waals surface area contributed by atoms with Gasteiger partial charge in [0.2, 0.25) is 0 Å². The summed E-state index contributed by atoms with van der Waals surface area (Å²) in [7, 11) is 3.07. The highest BCUT2D eigenvalue weighted by atomic mass is 19.1. The number of methoxy groups -OCH3 is 2. The lowest BCUT2D eigenvalue weighted by Crippen LogP contribution is -2.31. The molecule has 2 amide bonds. The fourth-order valence-electron chi connectivity index (χ4n) is 2.08. The Morgan fingerprint density at radius 2 is 1.61 bits per heavy atom. The first-order valence-corrected chi connectivity index (χ1v) is 7.08. The predicted molar refractivity (Wildman–Crippen MR) is 86.5 cm³/mol. The summed E-state index contributed by atoms with van der Waals surface area (Å²) < 4.78 is 23.2. The van der Waals surface area contributed by atoms with Crippen molar-refractivity contribution in [1.29, 1.82) is 0 Å². The molecule has 6 heteroatoms. The Balaban J connectivity index is 2.03. The minimum absolute atomic E-state index is 0.261. The number of benzene rings is 2. The van der Waals surface area contributed by atoms with Gasteiger partial charge in [0.15, 0.2) is 0 Å². The molecular formula is C17H19FN2O3. The van der Waals surface area contributed by atoms with E-state index in [2.05, 4.69) is 10.6 Å². The van der Waals surface area contributed by atoms with Crippen molar-refractivity contribution in [3.05, 3.63) is 53.8 Å². The molecule has 0 radical (unpaired) electrons. The van der Waals surface area contributed by atoms with E-state index >= 15 is 0 Å². The van der Waals surface area contributed by atoms with E-state index in [1.54, 1.807) is 30.3 Å². The fraction of sp³-hybridized carbons (Fsp3) is 0.235. The number of carbonyl (C=O) groups is 1. The third-order valence-corrected chi connectivity index (χ3v) is 3.33. The van der Waals surface area contributed by atoms with Crippen LogP contribution in [0.15, 0.2) is 42.5 Å². The number of rotatable bonds is 5. The molecule has 0 saturated heterocycles. The Bertz CT molecular complexity index is 652. The average molecular weight is 318 g/mol. The number of nitrogens with one attached hydrogen (secondary N) is 2. The molecule has 0 heterocycles. The highest BCUT2D eigenvalue weighted by Crippen LogP contribution is 2.25. The fourth-order valence-corrected chi connectivity index (χ4v) is 2.08. The van der Waals surface area contributed by atoms with Crippen LogP contribution in [0.4, 0.5) is 14.9 Å². The van der Waals surface area contributed by atoms with Gasteiger partial charge in [-0.15, -0.1) is 0 Å².